The van der Waals surface area contributed by atoms with E-state index in [0.29, 0.717) is 25.6 Å². The van der Waals surface area contributed by atoms with E-state index in [1.54, 1.807) is 4.90 Å². The van der Waals surface area contributed by atoms with Crippen LogP contribution in [0.25, 0.3) is 0 Å². The van der Waals surface area contributed by atoms with Crippen molar-refractivity contribution in [3.63, 3.8) is 0 Å². The fourth-order valence-corrected chi connectivity index (χ4v) is 1.94. The second-order valence-corrected chi connectivity index (χ2v) is 4.13. The molecule has 92 valence electrons. The van der Waals surface area contributed by atoms with Crippen molar-refractivity contribution < 1.29 is 9.53 Å². The zero-order valence-corrected chi connectivity index (χ0v) is 9.94. The lowest BCUT2D eigenvalue weighted by Gasteiger charge is -2.31. The zero-order valence-electron chi connectivity index (χ0n) is 9.19. The van der Waals surface area contributed by atoms with Gasteiger partial charge in [0, 0.05) is 31.5 Å². The second kappa shape index (κ2) is 5.33. The van der Waals surface area contributed by atoms with E-state index in [9.17, 15) is 9.59 Å². The topological polar surface area (TPSA) is 62.4 Å². The van der Waals surface area contributed by atoms with E-state index in [-0.39, 0.29) is 23.0 Å². The summed E-state index contributed by atoms with van der Waals surface area (Å²) in [4.78, 5) is 28.0. The van der Waals surface area contributed by atoms with Gasteiger partial charge in [0.25, 0.3) is 5.91 Å². The fraction of sp³-hybridized carbons (Fsp3) is 0.455. The van der Waals surface area contributed by atoms with Crippen LogP contribution in [0.3, 0.4) is 0 Å². The number of hydrogen-bond donors (Lipinski definition) is 1. The predicted molar refractivity (Wildman–Crippen MR) is 63.4 cm³/mol. The van der Waals surface area contributed by atoms with Crippen LogP contribution in [-0.2, 0) is 4.74 Å². The number of nitrogens with zero attached hydrogens (tertiary/aromatic N) is 1. The van der Waals surface area contributed by atoms with E-state index in [1.165, 1.54) is 18.5 Å². The third kappa shape index (κ3) is 2.68. The summed E-state index contributed by atoms with van der Waals surface area (Å²) in [6.07, 6.45) is 2.77. The number of carbonyl (C=O) groups excluding carboxylic acids is 1. The largest absolute Gasteiger partial charge is 0.373 e. The number of ether oxygens (including phenoxy) is 1. The van der Waals surface area contributed by atoms with Crippen molar-refractivity contribution in [1.29, 1.82) is 0 Å². The summed E-state index contributed by atoms with van der Waals surface area (Å²) in [5.74, 6) is 0.0693. The van der Waals surface area contributed by atoms with Crippen LogP contribution < -0.4 is 5.43 Å². The van der Waals surface area contributed by atoms with Crippen LogP contribution in [0.15, 0.2) is 23.3 Å². The molecule has 0 aliphatic carbocycles. The maximum absolute atomic E-state index is 12.1. The van der Waals surface area contributed by atoms with Gasteiger partial charge >= 0.3 is 0 Å². The minimum atomic E-state index is -0.275. The molecule has 0 radical (unpaired) electrons. The first-order valence-corrected chi connectivity index (χ1v) is 5.90. The molecule has 1 aliphatic heterocycles. The number of H-pyrrole nitrogens is 1. The Morgan fingerprint density at radius 2 is 2.47 bits per heavy atom. The average molecular weight is 257 g/mol. The summed E-state index contributed by atoms with van der Waals surface area (Å²) in [5.41, 5.74) is -0.120. The molecule has 0 spiro atoms. The molecule has 17 heavy (non-hydrogen) atoms. The number of aromatic amines is 1. The highest BCUT2D eigenvalue weighted by Gasteiger charge is 2.25. The number of morpholine rings is 1. The van der Waals surface area contributed by atoms with Gasteiger partial charge in [0.05, 0.1) is 18.6 Å². The molecular formula is C11H13ClN2O3. The molecule has 0 saturated carbocycles. The molecule has 0 bridgehead atoms. The number of nitrogens with one attached hydrogen (secondary N) is 1. The number of hydrogen-bond acceptors (Lipinski definition) is 3. The summed E-state index contributed by atoms with van der Waals surface area (Å²) in [7, 11) is 0. The first-order valence-electron chi connectivity index (χ1n) is 5.36. The molecule has 1 fully saturated rings. The minimum absolute atomic E-state index is 0.155. The lowest BCUT2D eigenvalue weighted by Crippen LogP contribution is -2.47. The van der Waals surface area contributed by atoms with Crippen LogP contribution in [0.1, 0.15) is 10.4 Å². The highest BCUT2D eigenvalue weighted by Crippen LogP contribution is 2.09. The standard InChI is InChI=1S/C11H13ClN2O3/c12-5-8-7-14(3-4-17-8)11(16)9-6-13-2-1-10(9)15/h1-2,6,8H,3-5,7H2,(H,13,15). The molecule has 1 aromatic heterocycles. The predicted octanol–water partition coefficient (Wildman–Crippen LogP) is 0.455. The molecule has 2 heterocycles. The van der Waals surface area contributed by atoms with Crippen LogP contribution in [0, 0.1) is 0 Å². The van der Waals surface area contributed by atoms with Gasteiger partial charge in [0.1, 0.15) is 5.56 Å². The summed E-state index contributed by atoms with van der Waals surface area (Å²) >= 11 is 5.70. The van der Waals surface area contributed by atoms with E-state index >= 15 is 0 Å². The molecular weight excluding hydrogens is 244 g/mol. The summed E-state index contributed by atoms with van der Waals surface area (Å²) < 4.78 is 5.36. The van der Waals surface area contributed by atoms with Crippen molar-refractivity contribution in [3.05, 3.63) is 34.2 Å². The SMILES string of the molecule is O=C(c1c[nH]ccc1=O)N1CCOC(CCl)C1. The molecule has 6 heteroatoms. The number of halogens is 1. The maximum Gasteiger partial charge on any atom is 0.259 e. The number of aromatic nitrogens is 1. The van der Waals surface area contributed by atoms with Crippen LogP contribution in [0.2, 0.25) is 0 Å². The molecule has 1 unspecified atom stereocenters. The van der Waals surface area contributed by atoms with Crippen molar-refractivity contribution in [1.82, 2.24) is 9.88 Å². The molecule has 0 aromatic carbocycles. The Morgan fingerprint density at radius 3 is 3.18 bits per heavy atom. The van der Waals surface area contributed by atoms with E-state index in [4.69, 9.17) is 16.3 Å². The number of alkyl halides is 1. The smallest absolute Gasteiger partial charge is 0.259 e. The van der Waals surface area contributed by atoms with Crippen LogP contribution in [0.5, 0.6) is 0 Å². The number of rotatable bonds is 2. The molecule has 1 aliphatic rings. The van der Waals surface area contributed by atoms with Crippen molar-refractivity contribution >= 4 is 17.5 Å². The molecule has 5 nitrogen and oxygen atoms in total. The number of pyridine rings is 1. The van der Waals surface area contributed by atoms with Gasteiger partial charge in [-0.15, -0.1) is 11.6 Å². The minimum Gasteiger partial charge on any atom is -0.373 e. The Morgan fingerprint density at radius 1 is 1.65 bits per heavy atom. The van der Waals surface area contributed by atoms with E-state index in [2.05, 4.69) is 4.98 Å². The lowest BCUT2D eigenvalue weighted by molar-refractivity contribution is -0.0108. The monoisotopic (exact) mass is 256 g/mol. The van der Waals surface area contributed by atoms with Gasteiger partial charge in [0.15, 0.2) is 5.43 Å². The van der Waals surface area contributed by atoms with Gasteiger partial charge in [-0.25, -0.2) is 0 Å². The third-order valence-corrected chi connectivity index (χ3v) is 3.00. The van der Waals surface area contributed by atoms with Gasteiger partial charge in [-0.1, -0.05) is 0 Å². The molecule has 1 N–H and O–H groups in total. The van der Waals surface area contributed by atoms with Gasteiger partial charge < -0.3 is 14.6 Å². The van der Waals surface area contributed by atoms with Crippen LogP contribution in [-0.4, -0.2) is 47.5 Å². The van der Waals surface area contributed by atoms with Crippen molar-refractivity contribution in [2.75, 3.05) is 25.6 Å². The molecule has 1 aromatic rings. The highest BCUT2D eigenvalue weighted by molar-refractivity contribution is 6.18. The Kier molecular flexibility index (Phi) is 3.81. The van der Waals surface area contributed by atoms with E-state index < -0.39 is 0 Å². The quantitative estimate of drug-likeness (QED) is 0.782. The fourth-order valence-electron chi connectivity index (χ4n) is 1.75. The van der Waals surface area contributed by atoms with Gasteiger partial charge in [0.2, 0.25) is 0 Å². The first kappa shape index (κ1) is 12.1. The Hall–Kier alpha value is -1.33. The van der Waals surface area contributed by atoms with Crippen molar-refractivity contribution in [2.24, 2.45) is 0 Å². The Labute approximate surface area is 103 Å². The molecule has 2 rings (SSSR count). The normalized spacial score (nSPS) is 20.3. The maximum atomic E-state index is 12.1. The summed E-state index contributed by atoms with van der Waals surface area (Å²) in [6, 6.07) is 1.34. The second-order valence-electron chi connectivity index (χ2n) is 3.82. The van der Waals surface area contributed by atoms with Crippen LogP contribution in [0.4, 0.5) is 0 Å². The van der Waals surface area contributed by atoms with Gasteiger partial charge in [-0.05, 0) is 0 Å². The zero-order chi connectivity index (χ0) is 12.3. The molecule has 1 atom stereocenters. The highest BCUT2D eigenvalue weighted by atomic mass is 35.5. The van der Waals surface area contributed by atoms with Crippen LogP contribution >= 0.6 is 11.6 Å². The van der Waals surface area contributed by atoms with E-state index in [1.807, 2.05) is 0 Å². The van der Waals surface area contributed by atoms with Crippen molar-refractivity contribution in [3.8, 4) is 0 Å². The van der Waals surface area contributed by atoms with Gasteiger partial charge in [-0.3, -0.25) is 9.59 Å². The van der Waals surface area contributed by atoms with Crippen molar-refractivity contribution in [2.45, 2.75) is 6.10 Å². The lowest BCUT2D eigenvalue weighted by atomic mass is 10.2. The average Bonchev–Trinajstić information content (AvgIpc) is 2.38. The Balaban J connectivity index is 2.15. The van der Waals surface area contributed by atoms with E-state index in [0.717, 1.165) is 0 Å². The number of carbonyl (C=O) groups is 1. The summed E-state index contributed by atoms with van der Waals surface area (Å²) in [6.45, 7) is 1.37. The van der Waals surface area contributed by atoms with Gasteiger partial charge in [-0.2, -0.15) is 0 Å². The Bertz CT molecular complexity index is 460. The first-order chi connectivity index (χ1) is 8.22. The molecule has 1 saturated heterocycles. The third-order valence-electron chi connectivity index (χ3n) is 2.65. The summed E-state index contributed by atoms with van der Waals surface area (Å²) in [5, 5.41) is 0. The number of amides is 1. The molecule has 1 amide bonds.